The summed E-state index contributed by atoms with van der Waals surface area (Å²) in [6.07, 6.45) is 3.31. The van der Waals surface area contributed by atoms with Crippen molar-refractivity contribution in [1.82, 2.24) is 9.88 Å². The highest BCUT2D eigenvalue weighted by molar-refractivity contribution is 5.92. The van der Waals surface area contributed by atoms with Crippen molar-refractivity contribution in [1.29, 1.82) is 0 Å². The van der Waals surface area contributed by atoms with Crippen LogP contribution in [0.1, 0.15) is 36.7 Å². The van der Waals surface area contributed by atoms with E-state index >= 15 is 0 Å². The van der Waals surface area contributed by atoms with Crippen LogP contribution in [0.5, 0.6) is 0 Å². The van der Waals surface area contributed by atoms with Crippen LogP contribution in [0.3, 0.4) is 0 Å². The average Bonchev–Trinajstić information content (AvgIpc) is 2.97. The van der Waals surface area contributed by atoms with Gasteiger partial charge in [-0.2, -0.15) is 0 Å². The second-order valence-corrected chi connectivity index (χ2v) is 5.16. The first-order valence-electron chi connectivity index (χ1n) is 7.28. The van der Waals surface area contributed by atoms with E-state index in [2.05, 4.69) is 17.2 Å². The normalized spacial score (nSPS) is 18.0. The average molecular weight is 277 g/mol. The largest absolute Gasteiger partial charge is 0.376 e. The smallest absolute Gasteiger partial charge is 0.272 e. The fourth-order valence-corrected chi connectivity index (χ4v) is 2.28. The molecule has 0 bridgehead atoms. The predicted molar refractivity (Wildman–Crippen MR) is 79.0 cm³/mol. The van der Waals surface area contributed by atoms with Crippen LogP contribution in [-0.4, -0.2) is 48.6 Å². The monoisotopic (exact) mass is 277 g/mol. The lowest BCUT2D eigenvalue weighted by molar-refractivity contribution is 0.0583. The predicted octanol–water partition coefficient (Wildman–Crippen LogP) is 2.15. The van der Waals surface area contributed by atoms with Crippen molar-refractivity contribution in [2.24, 2.45) is 0 Å². The Kier molecular flexibility index (Phi) is 5.35. The summed E-state index contributed by atoms with van der Waals surface area (Å²) in [5.74, 6) is 0.698. The highest BCUT2D eigenvalue weighted by Gasteiger charge is 2.21. The minimum Gasteiger partial charge on any atom is -0.376 e. The van der Waals surface area contributed by atoms with Gasteiger partial charge < -0.3 is 15.0 Å². The fraction of sp³-hybridized carbons (Fsp3) is 0.600. The number of amides is 1. The van der Waals surface area contributed by atoms with Crippen molar-refractivity contribution in [3.05, 3.63) is 23.9 Å². The third-order valence-corrected chi connectivity index (χ3v) is 3.37. The zero-order chi connectivity index (χ0) is 14.4. The van der Waals surface area contributed by atoms with Gasteiger partial charge in [-0.25, -0.2) is 4.98 Å². The molecule has 1 aliphatic heterocycles. The van der Waals surface area contributed by atoms with Crippen LogP contribution in [0.15, 0.2) is 18.2 Å². The van der Waals surface area contributed by atoms with Crippen LogP contribution in [0.4, 0.5) is 5.82 Å². The number of ether oxygens (including phenoxy) is 1. The van der Waals surface area contributed by atoms with Crippen molar-refractivity contribution in [3.63, 3.8) is 0 Å². The molecule has 2 rings (SSSR count). The SMILES string of the molecule is CCCNc1cccc(C(=O)N(C)CC2CCCO2)n1. The first-order chi connectivity index (χ1) is 9.70. The van der Waals surface area contributed by atoms with Gasteiger partial charge in [0.25, 0.3) is 5.91 Å². The first-order valence-corrected chi connectivity index (χ1v) is 7.28. The quantitative estimate of drug-likeness (QED) is 0.865. The molecule has 5 heteroatoms. The number of hydrogen-bond donors (Lipinski definition) is 1. The molecule has 1 aromatic rings. The van der Waals surface area contributed by atoms with E-state index in [9.17, 15) is 4.79 Å². The molecule has 2 heterocycles. The molecule has 0 aromatic carbocycles. The van der Waals surface area contributed by atoms with E-state index in [4.69, 9.17) is 4.74 Å². The molecule has 110 valence electrons. The second-order valence-electron chi connectivity index (χ2n) is 5.16. The van der Waals surface area contributed by atoms with Gasteiger partial charge >= 0.3 is 0 Å². The standard InChI is InChI=1S/C15H23N3O2/c1-3-9-16-14-8-4-7-13(17-14)15(19)18(2)11-12-6-5-10-20-12/h4,7-8,12H,3,5-6,9-11H2,1-2H3,(H,16,17). The van der Waals surface area contributed by atoms with Gasteiger partial charge in [0.05, 0.1) is 6.10 Å². The van der Waals surface area contributed by atoms with Crippen molar-refractivity contribution < 1.29 is 9.53 Å². The van der Waals surface area contributed by atoms with Gasteiger partial charge in [0.15, 0.2) is 0 Å². The summed E-state index contributed by atoms with van der Waals surface area (Å²) in [4.78, 5) is 18.4. The number of rotatable bonds is 6. The van der Waals surface area contributed by atoms with Crippen LogP contribution < -0.4 is 5.32 Å². The molecular formula is C15H23N3O2. The van der Waals surface area contributed by atoms with Gasteiger partial charge in [-0.15, -0.1) is 0 Å². The summed E-state index contributed by atoms with van der Waals surface area (Å²) in [7, 11) is 1.80. The molecule has 5 nitrogen and oxygen atoms in total. The first kappa shape index (κ1) is 14.8. The lowest BCUT2D eigenvalue weighted by Crippen LogP contribution is -2.34. The topological polar surface area (TPSA) is 54.5 Å². The van der Waals surface area contributed by atoms with Gasteiger partial charge in [-0.1, -0.05) is 13.0 Å². The third kappa shape index (κ3) is 3.93. The molecule has 1 atom stereocenters. The molecular weight excluding hydrogens is 254 g/mol. The Balaban J connectivity index is 1.96. The van der Waals surface area contributed by atoms with Crippen molar-refractivity contribution in [2.75, 3.05) is 32.1 Å². The zero-order valence-electron chi connectivity index (χ0n) is 12.3. The molecule has 0 radical (unpaired) electrons. The Morgan fingerprint density at radius 1 is 1.55 bits per heavy atom. The molecule has 1 aromatic heterocycles. The summed E-state index contributed by atoms with van der Waals surface area (Å²) >= 11 is 0. The number of anilines is 1. The maximum atomic E-state index is 12.3. The minimum absolute atomic E-state index is 0.0550. The summed E-state index contributed by atoms with van der Waals surface area (Å²) in [6.45, 7) is 4.39. The zero-order valence-corrected chi connectivity index (χ0v) is 12.3. The molecule has 1 saturated heterocycles. The van der Waals surface area contributed by atoms with Crippen molar-refractivity contribution >= 4 is 11.7 Å². The number of nitrogens with zero attached hydrogens (tertiary/aromatic N) is 2. The highest BCUT2D eigenvalue weighted by Crippen LogP contribution is 2.14. The summed E-state index contributed by atoms with van der Waals surface area (Å²) < 4.78 is 5.56. The maximum Gasteiger partial charge on any atom is 0.272 e. The number of carbonyl (C=O) groups is 1. The van der Waals surface area contributed by atoms with E-state index in [0.717, 1.165) is 38.2 Å². The van der Waals surface area contributed by atoms with E-state index in [0.29, 0.717) is 12.2 Å². The lowest BCUT2D eigenvalue weighted by atomic mass is 10.2. The van der Waals surface area contributed by atoms with Crippen LogP contribution in [0.25, 0.3) is 0 Å². The summed E-state index contributed by atoms with van der Waals surface area (Å²) in [5, 5.41) is 3.20. The number of pyridine rings is 1. The minimum atomic E-state index is -0.0550. The van der Waals surface area contributed by atoms with Crippen molar-refractivity contribution in [3.8, 4) is 0 Å². The van der Waals surface area contributed by atoms with Crippen molar-refractivity contribution in [2.45, 2.75) is 32.3 Å². The van der Waals surface area contributed by atoms with Gasteiger partial charge in [-0.05, 0) is 31.4 Å². The Bertz CT molecular complexity index is 444. The Labute approximate surface area is 120 Å². The van der Waals surface area contributed by atoms with Gasteiger partial charge in [-0.3, -0.25) is 4.79 Å². The molecule has 1 aliphatic rings. The van der Waals surface area contributed by atoms with Gasteiger partial charge in [0.2, 0.25) is 0 Å². The Hall–Kier alpha value is -1.62. The molecule has 20 heavy (non-hydrogen) atoms. The summed E-state index contributed by atoms with van der Waals surface area (Å²) in [6, 6.07) is 5.50. The third-order valence-electron chi connectivity index (χ3n) is 3.37. The molecule has 1 fully saturated rings. The number of hydrogen-bond acceptors (Lipinski definition) is 4. The van der Waals surface area contributed by atoms with E-state index in [1.807, 2.05) is 12.1 Å². The van der Waals surface area contributed by atoms with Crippen LogP contribution in [0, 0.1) is 0 Å². The Morgan fingerprint density at radius 3 is 3.10 bits per heavy atom. The summed E-state index contributed by atoms with van der Waals surface area (Å²) in [5.41, 5.74) is 0.478. The number of carbonyl (C=O) groups excluding carboxylic acids is 1. The van der Waals surface area contributed by atoms with Gasteiger partial charge in [0.1, 0.15) is 11.5 Å². The van der Waals surface area contributed by atoms with E-state index in [-0.39, 0.29) is 12.0 Å². The van der Waals surface area contributed by atoms with E-state index < -0.39 is 0 Å². The number of nitrogens with one attached hydrogen (secondary N) is 1. The Morgan fingerprint density at radius 2 is 2.40 bits per heavy atom. The van der Waals surface area contributed by atoms with Crippen LogP contribution in [-0.2, 0) is 4.74 Å². The second kappa shape index (κ2) is 7.24. The maximum absolute atomic E-state index is 12.3. The highest BCUT2D eigenvalue weighted by atomic mass is 16.5. The molecule has 0 aliphatic carbocycles. The number of likely N-dealkylation sites (N-methyl/N-ethyl adjacent to an activating group) is 1. The lowest BCUT2D eigenvalue weighted by Gasteiger charge is -2.20. The number of aromatic nitrogens is 1. The van der Waals surface area contributed by atoms with E-state index in [1.54, 1.807) is 18.0 Å². The van der Waals surface area contributed by atoms with Crippen LogP contribution in [0.2, 0.25) is 0 Å². The van der Waals surface area contributed by atoms with Gasteiger partial charge in [0, 0.05) is 26.7 Å². The molecule has 1 N–H and O–H groups in total. The van der Waals surface area contributed by atoms with E-state index in [1.165, 1.54) is 0 Å². The molecule has 1 unspecified atom stereocenters. The molecule has 1 amide bonds. The van der Waals surface area contributed by atoms with Crippen LogP contribution >= 0.6 is 0 Å². The molecule has 0 spiro atoms. The fourth-order valence-electron chi connectivity index (χ4n) is 2.28. The molecule has 0 saturated carbocycles.